The van der Waals surface area contributed by atoms with Gasteiger partial charge >= 0.3 is 12.3 Å². The molecule has 0 saturated carbocycles. The maximum atomic E-state index is 12.5. The molecule has 2 unspecified atom stereocenters. The van der Waals surface area contributed by atoms with Crippen LogP contribution in [0.25, 0.3) is 0 Å². The van der Waals surface area contributed by atoms with Crippen molar-refractivity contribution < 1.29 is 32.5 Å². The molecule has 0 radical (unpaired) electrons. The molecule has 8 nitrogen and oxygen atoms in total. The molecule has 0 saturated heterocycles. The van der Waals surface area contributed by atoms with Gasteiger partial charge < -0.3 is 25.2 Å². The summed E-state index contributed by atoms with van der Waals surface area (Å²) in [6.07, 6.45) is 1.22. The lowest BCUT2D eigenvalue weighted by Gasteiger charge is -2.32. The second-order valence-corrected chi connectivity index (χ2v) is 9.54. The van der Waals surface area contributed by atoms with Gasteiger partial charge in [0.15, 0.2) is 0 Å². The van der Waals surface area contributed by atoms with Gasteiger partial charge in [0.05, 0.1) is 6.42 Å². The van der Waals surface area contributed by atoms with Crippen molar-refractivity contribution in [3.05, 3.63) is 77.1 Å². The first-order valence-electron chi connectivity index (χ1n) is 12.8. The molecule has 3 N–H and O–H groups in total. The summed E-state index contributed by atoms with van der Waals surface area (Å²) in [5.41, 5.74) is 9.80. The zero-order chi connectivity index (χ0) is 28.0. The predicted molar refractivity (Wildman–Crippen MR) is 139 cm³/mol. The number of hydrogen-bond donors (Lipinski definition) is 2. The maximum absolute atomic E-state index is 12.5. The van der Waals surface area contributed by atoms with E-state index in [0.29, 0.717) is 49.6 Å². The molecule has 3 aromatic rings. The summed E-state index contributed by atoms with van der Waals surface area (Å²) in [6.45, 7) is 2.96. The molecule has 0 fully saturated rings. The molecule has 2 atom stereocenters. The number of carboxylic acids is 1. The monoisotopic (exact) mass is 544 g/mol. The summed E-state index contributed by atoms with van der Waals surface area (Å²) in [7, 11) is 0. The molecule has 39 heavy (non-hydrogen) atoms. The van der Waals surface area contributed by atoms with Crippen molar-refractivity contribution in [2.24, 2.45) is 5.73 Å². The van der Waals surface area contributed by atoms with Gasteiger partial charge in [-0.2, -0.15) is 0 Å². The van der Waals surface area contributed by atoms with E-state index in [9.17, 15) is 18.0 Å². The van der Waals surface area contributed by atoms with E-state index in [4.69, 9.17) is 15.6 Å². The molecule has 0 amide bonds. The van der Waals surface area contributed by atoms with E-state index in [2.05, 4.69) is 14.7 Å². The van der Waals surface area contributed by atoms with Crippen LogP contribution in [0, 0.1) is 0 Å². The second kappa shape index (κ2) is 12.3. The third-order valence-corrected chi connectivity index (χ3v) is 6.53. The lowest BCUT2D eigenvalue weighted by atomic mass is 9.94. The van der Waals surface area contributed by atoms with Gasteiger partial charge in [-0.3, -0.25) is 4.79 Å². The average Bonchev–Trinajstić information content (AvgIpc) is 2.88. The van der Waals surface area contributed by atoms with Gasteiger partial charge in [-0.25, -0.2) is 9.97 Å². The maximum Gasteiger partial charge on any atom is 0.573 e. The number of aromatic nitrogens is 2. The summed E-state index contributed by atoms with van der Waals surface area (Å²) < 4.78 is 47.7. The number of nitrogens with zero attached hydrogens (tertiary/aromatic N) is 3. The van der Waals surface area contributed by atoms with E-state index in [1.807, 2.05) is 17.9 Å². The lowest BCUT2D eigenvalue weighted by molar-refractivity contribution is -0.274. The fourth-order valence-electron chi connectivity index (χ4n) is 4.51. The number of aliphatic carboxylic acids is 1. The van der Waals surface area contributed by atoms with Crippen LogP contribution in [-0.2, 0) is 30.6 Å². The Balaban J connectivity index is 1.42. The number of carbonyl (C=O) groups is 1. The van der Waals surface area contributed by atoms with Gasteiger partial charge in [0.1, 0.15) is 17.6 Å². The summed E-state index contributed by atoms with van der Waals surface area (Å²) in [5.74, 6) is -0.00955. The van der Waals surface area contributed by atoms with Crippen molar-refractivity contribution in [3.8, 4) is 11.5 Å². The number of halogens is 3. The number of benzene rings is 2. The van der Waals surface area contributed by atoms with Gasteiger partial charge in [0.25, 0.3) is 0 Å². The number of rotatable bonds is 11. The van der Waals surface area contributed by atoms with Crippen molar-refractivity contribution >= 4 is 11.9 Å². The first-order valence-corrected chi connectivity index (χ1v) is 12.8. The standard InChI is InChI=1S/C28H31F3N4O4/c1-2-18-15-33-27(34-16-18)35(17-19-6-9-22(10-7-19)39-28(29,30)31)11-3-4-24-23(32)14-21-8-5-20(13-26(36)37)12-25(21)38-24/h5-10,12,15-16,23-24H,2-4,11,13-14,17,32H2,1H3,(H,36,37). The third-order valence-electron chi connectivity index (χ3n) is 6.53. The number of nitrogens with two attached hydrogens (primary N) is 1. The van der Waals surface area contributed by atoms with Gasteiger partial charge in [0.2, 0.25) is 5.95 Å². The third kappa shape index (κ3) is 8.06. The topological polar surface area (TPSA) is 111 Å². The van der Waals surface area contributed by atoms with Crippen molar-refractivity contribution in [1.29, 1.82) is 0 Å². The number of carboxylic acid groups (broad SMARTS) is 1. The fourth-order valence-corrected chi connectivity index (χ4v) is 4.51. The molecule has 2 heterocycles. The summed E-state index contributed by atoms with van der Waals surface area (Å²) in [4.78, 5) is 22.0. The summed E-state index contributed by atoms with van der Waals surface area (Å²) >= 11 is 0. The van der Waals surface area contributed by atoms with E-state index in [1.54, 1.807) is 36.7 Å². The summed E-state index contributed by atoms with van der Waals surface area (Å²) in [6, 6.07) is 10.9. The molecule has 0 spiro atoms. The zero-order valence-corrected chi connectivity index (χ0v) is 21.5. The van der Waals surface area contributed by atoms with Crippen LogP contribution in [0.15, 0.2) is 54.9 Å². The minimum absolute atomic E-state index is 0.0809. The van der Waals surface area contributed by atoms with Crippen LogP contribution in [0.1, 0.15) is 42.0 Å². The van der Waals surface area contributed by atoms with Crippen molar-refractivity contribution in [2.75, 3.05) is 11.4 Å². The molecule has 1 aromatic heterocycles. The highest BCUT2D eigenvalue weighted by Crippen LogP contribution is 2.30. The van der Waals surface area contributed by atoms with Gasteiger partial charge in [-0.05, 0) is 66.1 Å². The van der Waals surface area contributed by atoms with Crippen LogP contribution in [-0.4, -0.2) is 46.1 Å². The Kier molecular flexibility index (Phi) is 8.90. The lowest BCUT2D eigenvalue weighted by Crippen LogP contribution is -2.44. The van der Waals surface area contributed by atoms with E-state index < -0.39 is 12.3 Å². The Morgan fingerprint density at radius 2 is 1.82 bits per heavy atom. The van der Waals surface area contributed by atoms with Crippen molar-refractivity contribution in [3.63, 3.8) is 0 Å². The quantitative estimate of drug-likeness (QED) is 0.358. The number of hydrogen-bond acceptors (Lipinski definition) is 7. The van der Waals surface area contributed by atoms with Crippen LogP contribution >= 0.6 is 0 Å². The minimum Gasteiger partial charge on any atom is -0.489 e. The predicted octanol–water partition coefficient (Wildman–Crippen LogP) is 4.68. The largest absolute Gasteiger partial charge is 0.573 e. The fraction of sp³-hybridized carbons (Fsp3) is 0.393. The average molecular weight is 545 g/mol. The molecule has 1 aliphatic rings. The number of anilines is 1. The van der Waals surface area contributed by atoms with Crippen molar-refractivity contribution in [2.45, 2.75) is 64.1 Å². The van der Waals surface area contributed by atoms with Crippen LogP contribution < -0.4 is 20.1 Å². The minimum atomic E-state index is -4.75. The van der Waals surface area contributed by atoms with E-state index >= 15 is 0 Å². The highest BCUT2D eigenvalue weighted by atomic mass is 19.4. The Labute approximate surface area is 224 Å². The Hall–Kier alpha value is -3.86. The normalized spacial score (nSPS) is 16.7. The number of fused-ring (bicyclic) bond motifs is 1. The first kappa shape index (κ1) is 28.2. The van der Waals surface area contributed by atoms with Gasteiger partial charge in [-0.15, -0.1) is 13.2 Å². The highest BCUT2D eigenvalue weighted by Gasteiger charge is 2.31. The molecule has 1 aliphatic heterocycles. The first-order chi connectivity index (χ1) is 18.6. The van der Waals surface area contributed by atoms with Gasteiger partial charge in [-0.1, -0.05) is 31.2 Å². The molecule has 4 rings (SSSR count). The number of alkyl halides is 3. The van der Waals surface area contributed by atoms with Gasteiger partial charge in [0, 0.05) is 31.5 Å². The molecular formula is C28H31F3N4O4. The molecule has 2 aromatic carbocycles. The smallest absolute Gasteiger partial charge is 0.489 e. The Morgan fingerprint density at radius 3 is 2.46 bits per heavy atom. The zero-order valence-electron chi connectivity index (χ0n) is 21.5. The molecule has 0 bridgehead atoms. The van der Waals surface area contributed by atoms with Crippen LogP contribution in [0.5, 0.6) is 11.5 Å². The number of aryl methyl sites for hydroxylation is 1. The van der Waals surface area contributed by atoms with Crippen LogP contribution in [0.2, 0.25) is 0 Å². The van der Waals surface area contributed by atoms with E-state index in [-0.39, 0.29) is 24.3 Å². The number of ether oxygens (including phenoxy) is 2. The molecule has 11 heteroatoms. The Bertz CT molecular complexity index is 1250. The molecular weight excluding hydrogens is 513 g/mol. The Morgan fingerprint density at radius 1 is 1.13 bits per heavy atom. The van der Waals surface area contributed by atoms with E-state index in [0.717, 1.165) is 23.1 Å². The van der Waals surface area contributed by atoms with Crippen LogP contribution in [0.4, 0.5) is 19.1 Å². The molecule has 208 valence electrons. The van der Waals surface area contributed by atoms with Crippen molar-refractivity contribution in [1.82, 2.24) is 9.97 Å². The van der Waals surface area contributed by atoms with E-state index in [1.165, 1.54) is 12.1 Å². The molecule has 0 aliphatic carbocycles. The SMILES string of the molecule is CCc1cnc(N(CCCC2Oc3cc(CC(=O)O)ccc3CC2N)Cc2ccc(OC(F)(F)F)cc2)nc1. The second-order valence-electron chi connectivity index (χ2n) is 9.54. The highest BCUT2D eigenvalue weighted by molar-refractivity contribution is 5.70. The summed E-state index contributed by atoms with van der Waals surface area (Å²) in [5, 5.41) is 9.09. The van der Waals surface area contributed by atoms with Crippen LogP contribution in [0.3, 0.4) is 0 Å².